The van der Waals surface area contributed by atoms with Crippen LogP contribution in [0.2, 0.25) is 0 Å². The summed E-state index contributed by atoms with van der Waals surface area (Å²) in [5.41, 5.74) is 0.592. The summed E-state index contributed by atoms with van der Waals surface area (Å²) < 4.78 is 4.69. The SMILES string of the molecule is COC(=O)C[C@@H]1C(=O)NCCN1C(=O)CC[C@@]1(Cc2ccc3ccccc3c2)CCC(=O)N1. The Hall–Kier alpha value is -3.42. The molecular weight excluding hydrogens is 422 g/mol. The zero-order valence-electron chi connectivity index (χ0n) is 18.8. The molecule has 2 aliphatic heterocycles. The fourth-order valence-corrected chi connectivity index (χ4v) is 4.87. The summed E-state index contributed by atoms with van der Waals surface area (Å²) in [6.45, 7) is 0.692. The molecule has 33 heavy (non-hydrogen) atoms. The number of ether oxygens (including phenoxy) is 1. The van der Waals surface area contributed by atoms with Crippen molar-refractivity contribution < 1.29 is 23.9 Å². The highest BCUT2D eigenvalue weighted by Gasteiger charge is 2.40. The van der Waals surface area contributed by atoms with Crippen molar-refractivity contribution in [1.29, 1.82) is 0 Å². The minimum Gasteiger partial charge on any atom is -0.469 e. The zero-order chi connectivity index (χ0) is 23.4. The molecule has 0 bridgehead atoms. The molecule has 4 rings (SSSR count). The lowest BCUT2D eigenvalue weighted by Crippen LogP contribution is -2.58. The van der Waals surface area contributed by atoms with Crippen LogP contribution in [-0.2, 0) is 30.3 Å². The van der Waals surface area contributed by atoms with E-state index < -0.39 is 17.6 Å². The Kier molecular flexibility index (Phi) is 6.62. The Bertz CT molecular complexity index is 1080. The van der Waals surface area contributed by atoms with Crippen LogP contribution in [0.15, 0.2) is 42.5 Å². The van der Waals surface area contributed by atoms with E-state index in [-0.39, 0.29) is 30.6 Å². The fourth-order valence-electron chi connectivity index (χ4n) is 4.87. The van der Waals surface area contributed by atoms with E-state index in [1.54, 1.807) is 0 Å². The maximum atomic E-state index is 13.1. The van der Waals surface area contributed by atoms with Gasteiger partial charge in [-0.25, -0.2) is 0 Å². The Morgan fingerprint density at radius 2 is 1.94 bits per heavy atom. The lowest BCUT2D eigenvalue weighted by molar-refractivity contribution is -0.150. The molecule has 2 fully saturated rings. The van der Waals surface area contributed by atoms with Gasteiger partial charge in [0, 0.05) is 31.5 Å². The van der Waals surface area contributed by atoms with E-state index in [1.165, 1.54) is 12.0 Å². The number of fused-ring (bicyclic) bond motifs is 1. The van der Waals surface area contributed by atoms with Gasteiger partial charge in [-0.1, -0.05) is 42.5 Å². The van der Waals surface area contributed by atoms with Crippen molar-refractivity contribution >= 4 is 34.5 Å². The van der Waals surface area contributed by atoms with Crippen molar-refractivity contribution in [3.8, 4) is 0 Å². The second-order valence-electron chi connectivity index (χ2n) is 8.86. The topological polar surface area (TPSA) is 105 Å². The molecule has 0 radical (unpaired) electrons. The lowest BCUT2D eigenvalue weighted by Gasteiger charge is -2.36. The van der Waals surface area contributed by atoms with Gasteiger partial charge < -0.3 is 20.3 Å². The Morgan fingerprint density at radius 3 is 2.67 bits per heavy atom. The van der Waals surface area contributed by atoms with Gasteiger partial charge in [-0.05, 0) is 35.6 Å². The number of carbonyl (C=O) groups is 4. The van der Waals surface area contributed by atoms with Gasteiger partial charge in [-0.3, -0.25) is 19.2 Å². The number of benzene rings is 2. The van der Waals surface area contributed by atoms with Gasteiger partial charge in [0.2, 0.25) is 17.7 Å². The molecule has 2 atom stereocenters. The van der Waals surface area contributed by atoms with Gasteiger partial charge in [-0.2, -0.15) is 0 Å². The van der Waals surface area contributed by atoms with Crippen LogP contribution in [0.5, 0.6) is 0 Å². The summed E-state index contributed by atoms with van der Waals surface area (Å²) in [4.78, 5) is 50.8. The second kappa shape index (κ2) is 9.60. The molecule has 3 amide bonds. The second-order valence-corrected chi connectivity index (χ2v) is 8.86. The van der Waals surface area contributed by atoms with E-state index in [0.717, 1.165) is 16.3 Å². The first-order chi connectivity index (χ1) is 15.9. The highest BCUT2D eigenvalue weighted by molar-refractivity contribution is 5.92. The molecule has 8 nitrogen and oxygen atoms in total. The smallest absolute Gasteiger partial charge is 0.308 e. The third kappa shape index (κ3) is 5.16. The number of hydrogen-bond acceptors (Lipinski definition) is 5. The lowest BCUT2D eigenvalue weighted by atomic mass is 9.84. The molecule has 2 aromatic rings. The molecule has 2 N–H and O–H groups in total. The third-order valence-corrected chi connectivity index (χ3v) is 6.65. The summed E-state index contributed by atoms with van der Waals surface area (Å²) in [6, 6.07) is 13.5. The average Bonchev–Trinajstić information content (AvgIpc) is 3.19. The number of rotatable bonds is 7. The van der Waals surface area contributed by atoms with Crippen molar-refractivity contribution in [2.45, 2.75) is 50.1 Å². The predicted octanol–water partition coefficient (Wildman–Crippen LogP) is 1.70. The first-order valence-electron chi connectivity index (χ1n) is 11.3. The fraction of sp³-hybridized carbons (Fsp3) is 0.440. The van der Waals surface area contributed by atoms with Crippen LogP contribution in [0, 0.1) is 0 Å². The highest BCUT2D eigenvalue weighted by atomic mass is 16.5. The minimum atomic E-state index is -0.867. The van der Waals surface area contributed by atoms with Crippen molar-refractivity contribution in [2.24, 2.45) is 0 Å². The molecule has 0 aromatic heterocycles. The number of methoxy groups -OCH3 is 1. The summed E-state index contributed by atoms with van der Waals surface area (Å²) in [5, 5.41) is 8.12. The maximum absolute atomic E-state index is 13.1. The number of amides is 3. The van der Waals surface area contributed by atoms with E-state index in [2.05, 4.69) is 41.0 Å². The van der Waals surface area contributed by atoms with Crippen LogP contribution in [0.4, 0.5) is 0 Å². The number of carbonyl (C=O) groups excluding carboxylic acids is 4. The van der Waals surface area contributed by atoms with Crippen molar-refractivity contribution in [3.05, 3.63) is 48.0 Å². The molecule has 0 aliphatic carbocycles. The monoisotopic (exact) mass is 451 g/mol. The Balaban J connectivity index is 1.48. The molecule has 8 heteroatoms. The van der Waals surface area contributed by atoms with Crippen LogP contribution in [-0.4, -0.2) is 60.4 Å². The van der Waals surface area contributed by atoms with Crippen LogP contribution < -0.4 is 10.6 Å². The zero-order valence-corrected chi connectivity index (χ0v) is 18.8. The van der Waals surface area contributed by atoms with Crippen LogP contribution in [0.25, 0.3) is 10.8 Å². The van der Waals surface area contributed by atoms with Gasteiger partial charge in [0.1, 0.15) is 6.04 Å². The molecule has 2 saturated heterocycles. The van der Waals surface area contributed by atoms with Crippen molar-refractivity contribution in [3.63, 3.8) is 0 Å². The van der Waals surface area contributed by atoms with E-state index in [9.17, 15) is 19.2 Å². The number of nitrogens with zero attached hydrogens (tertiary/aromatic N) is 1. The Labute approximate surface area is 192 Å². The van der Waals surface area contributed by atoms with Crippen molar-refractivity contribution in [2.75, 3.05) is 20.2 Å². The van der Waals surface area contributed by atoms with Gasteiger partial charge in [0.25, 0.3) is 0 Å². The maximum Gasteiger partial charge on any atom is 0.308 e. The first kappa shape index (κ1) is 22.8. The summed E-state index contributed by atoms with van der Waals surface area (Å²) in [6.07, 6.45) is 2.18. The summed E-state index contributed by atoms with van der Waals surface area (Å²) in [5.74, 6) is -1.09. The first-order valence-corrected chi connectivity index (χ1v) is 11.3. The normalized spacial score (nSPS) is 22.7. The van der Waals surface area contributed by atoms with Gasteiger partial charge >= 0.3 is 5.97 Å². The average molecular weight is 452 g/mol. The molecule has 2 aliphatic rings. The largest absolute Gasteiger partial charge is 0.469 e. The van der Waals surface area contributed by atoms with E-state index in [1.807, 2.05) is 12.1 Å². The Morgan fingerprint density at radius 1 is 1.15 bits per heavy atom. The molecule has 0 spiro atoms. The van der Waals surface area contributed by atoms with Crippen LogP contribution in [0.3, 0.4) is 0 Å². The van der Waals surface area contributed by atoms with Gasteiger partial charge in [0.05, 0.1) is 13.5 Å². The standard InChI is InChI=1S/C25H29N3O5/c1-33-23(31)15-20-24(32)26-12-13-28(20)22(30)9-11-25(10-8-21(29)27-25)16-17-6-7-18-4-2-3-5-19(18)14-17/h2-7,14,20H,8-13,15-16H2,1H3,(H,26,32)(H,27,29)/t20-,25-/m1/s1. The quantitative estimate of drug-likeness (QED) is 0.624. The molecular formula is C25H29N3O5. The summed E-state index contributed by atoms with van der Waals surface area (Å²) in [7, 11) is 1.26. The number of esters is 1. The van der Waals surface area contributed by atoms with Gasteiger partial charge in [-0.15, -0.1) is 0 Å². The van der Waals surface area contributed by atoms with Crippen molar-refractivity contribution in [1.82, 2.24) is 15.5 Å². The van der Waals surface area contributed by atoms with Gasteiger partial charge in [0.15, 0.2) is 0 Å². The molecule has 2 heterocycles. The third-order valence-electron chi connectivity index (χ3n) is 6.65. The molecule has 2 aromatic carbocycles. The number of nitrogens with one attached hydrogen (secondary N) is 2. The van der Waals surface area contributed by atoms with E-state index >= 15 is 0 Å². The minimum absolute atomic E-state index is 0.0100. The predicted molar refractivity (Wildman–Crippen MR) is 122 cm³/mol. The van der Waals surface area contributed by atoms with Crippen LogP contribution >= 0.6 is 0 Å². The molecule has 174 valence electrons. The molecule has 0 unspecified atom stereocenters. The number of piperazine rings is 1. The molecule has 0 saturated carbocycles. The summed E-state index contributed by atoms with van der Waals surface area (Å²) >= 11 is 0. The van der Waals surface area contributed by atoms with Crippen LogP contribution in [0.1, 0.15) is 37.7 Å². The van der Waals surface area contributed by atoms with E-state index in [4.69, 9.17) is 4.74 Å². The van der Waals surface area contributed by atoms with E-state index in [0.29, 0.717) is 38.8 Å². The highest BCUT2D eigenvalue weighted by Crippen LogP contribution is 2.31. The number of hydrogen-bond donors (Lipinski definition) is 2.